The minimum Gasteiger partial charge on any atom is -0.393 e. The number of aryl methyl sites for hydroxylation is 2. The summed E-state index contributed by atoms with van der Waals surface area (Å²) in [6.07, 6.45) is 1.37. The number of aromatic nitrogens is 2. The summed E-state index contributed by atoms with van der Waals surface area (Å²) < 4.78 is 5.15. The molecule has 0 aliphatic rings. The van der Waals surface area contributed by atoms with Crippen LogP contribution in [0.25, 0.3) is 0 Å². The molecule has 1 aromatic carbocycles. The first kappa shape index (κ1) is 13.7. The van der Waals surface area contributed by atoms with E-state index in [1.54, 1.807) is 0 Å². The van der Waals surface area contributed by atoms with E-state index in [2.05, 4.69) is 42.2 Å². The normalized spacial score (nSPS) is 12.6. The Morgan fingerprint density at radius 1 is 1.21 bits per heavy atom. The third kappa shape index (κ3) is 3.89. The molecule has 1 aromatic heterocycles. The van der Waals surface area contributed by atoms with Gasteiger partial charge in [0.05, 0.1) is 12.5 Å². The number of rotatable bonds is 5. The third-order valence-electron chi connectivity index (χ3n) is 3.04. The Balaban J connectivity index is 2.07. The number of aliphatic hydroxyl groups is 1. The molecule has 4 heteroatoms. The van der Waals surface area contributed by atoms with Gasteiger partial charge in [0, 0.05) is 6.42 Å². The quantitative estimate of drug-likeness (QED) is 0.897. The number of nitrogens with zero attached hydrogens (tertiary/aromatic N) is 2. The van der Waals surface area contributed by atoms with Crippen LogP contribution < -0.4 is 0 Å². The summed E-state index contributed by atoms with van der Waals surface area (Å²) in [4.78, 5) is 4.32. The highest BCUT2D eigenvalue weighted by molar-refractivity contribution is 5.30. The molecule has 19 heavy (non-hydrogen) atoms. The zero-order valence-electron chi connectivity index (χ0n) is 11.7. The minimum atomic E-state index is -0.408. The zero-order valence-corrected chi connectivity index (χ0v) is 11.7. The second kappa shape index (κ2) is 5.97. The van der Waals surface area contributed by atoms with Crippen molar-refractivity contribution in [1.82, 2.24) is 10.1 Å². The summed E-state index contributed by atoms with van der Waals surface area (Å²) >= 11 is 0. The molecular weight excluding hydrogens is 240 g/mol. The summed E-state index contributed by atoms with van der Waals surface area (Å²) in [5, 5.41) is 13.5. The van der Waals surface area contributed by atoms with E-state index >= 15 is 0 Å². The van der Waals surface area contributed by atoms with Gasteiger partial charge in [-0.15, -0.1) is 0 Å². The monoisotopic (exact) mass is 260 g/mol. The van der Waals surface area contributed by atoms with Gasteiger partial charge in [-0.1, -0.05) is 41.4 Å². The highest BCUT2D eigenvalue weighted by Crippen LogP contribution is 2.13. The lowest BCUT2D eigenvalue weighted by atomic mass is 10.1. The summed E-state index contributed by atoms with van der Waals surface area (Å²) in [5.74, 6) is 1.18. The topological polar surface area (TPSA) is 59.2 Å². The predicted molar refractivity (Wildman–Crippen MR) is 73.0 cm³/mol. The van der Waals surface area contributed by atoms with Crippen LogP contribution in [0.1, 0.15) is 41.8 Å². The van der Waals surface area contributed by atoms with Crippen LogP contribution >= 0.6 is 0 Å². The molecule has 1 N–H and O–H groups in total. The van der Waals surface area contributed by atoms with Crippen LogP contribution in [0.3, 0.4) is 0 Å². The summed E-state index contributed by atoms with van der Waals surface area (Å²) in [6.45, 7) is 6.09. The molecule has 0 radical (unpaired) electrons. The fourth-order valence-electron chi connectivity index (χ4n) is 2.14. The number of hydrogen-bond donors (Lipinski definition) is 1. The largest absolute Gasteiger partial charge is 0.393 e. The molecule has 0 saturated heterocycles. The number of aliphatic hydroxyl groups excluding tert-OH is 1. The molecule has 0 saturated carbocycles. The molecule has 1 atom stereocenters. The summed E-state index contributed by atoms with van der Waals surface area (Å²) in [6, 6.07) is 6.40. The van der Waals surface area contributed by atoms with Crippen LogP contribution in [-0.2, 0) is 12.8 Å². The van der Waals surface area contributed by atoms with Crippen molar-refractivity contribution in [3.05, 3.63) is 46.6 Å². The Bertz CT molecular complexity index is 529. The molecule has 102 valence electrons. The molecular formula is C15H20N2O2. The van der Waals surface area contributed by atoms with Gasteiger partial charge in [0.2, 0.25) is 5.89 Å². The maximum Gasteiger partial charge on any atom is 0.229 e. The summed E-state index contributed by atoms with van der Waals surface area (Å²) in [5.41, 5.74) is 3.65. The Morgan fingerprint density at radius 2 is 1.89 bits per heavy atom. The van der Waals surface area contributed by atoms with Crippen LogP contribution in [0.4, 0.5) is 0 Å². The third-order valence-corrected chi connectivity index (χ3v) is 3.04. The van der Waals surface area contributed by atoms with Gasteiger partial charge in [-0.25, -0.2) is 0 Å². The molecule has 4 nitrogen and oxygen atoms in total. The minimum absolute atomic E-state index is 0.408. The van der Waals surface area contributed by atoms with E-state index in [9.17, 15) is 5.11 Å². The molecule has 0 aliphatic heterocycles. The molecule has 0 fully saturated rings. The van der Waals surface area contributed by atoms with E-state index in [4.69, 9.17) is 4.52 Å². The molecule has 0 spiro atoms. The van der Waals surface area contributed by atoms with Crippen molar-refractivity contribution in [3.63, 3.8) is 0 Å². The van der Waals surface area contributed by atoms with E-state index in [0.717, 1.165) is 0 Å². The zero-order chi connectivity index (χ0) is 13.8. The van der Waals surface area contributed by atoms with Gasteiger partial charge in [-0.2, -0.15) is 4.98 Å². The highest BCUT2D eigenvalue weighted by Gasteiger charge is 2.11. The lowest BCUT2D eigenvalue weighted by Gasteiger charge is -2.02. The predicted octanol–water partition coefficient (Wildman–Crippen LogP) is 2.59. The first-order chi connectivity index (χ1) is 9.06. The maximum absolute atomic E-state index is 9.56. The van der Waals surface area contributed by atoms with Gasteiger partial charge in [0.1, 0.15) is 0 Å². The highest BCUT2D eigenvalue weighted by atomic mass is 16.5. The first-order valence-corrected chi connectivity index (χ1v) is 6.63. The van der Waals surface area contributed by atoms with Crippen LogP contribution in [-0.4, -0.2) is 21.4 Å². The van der Waals surface area contributed by atoms with Crippen molar-refractivity contribution >= 4 is 0 Å². The molecule has 2 rings (SSSR count). The number of benzene rings is 1. The van der Waals surface area contributed by atoms with Gasteiger partial charge in [-0.05, 0) is 25.8 Å². The second-order valence-corrected chi connectivity index (χ2v) is 5.04. The van der Waals surface area contributed by atoms with Gasteiger partial charge < -0.3 is 9.63 Å². The lowest BCUT2D eigenvalue weighted by Crippen LogP contribution is -2.08. The standard InChI is InChI=1S/C15H20N2O2/c1-4-13(18)9-15-16-14(17-19-15)8-12-6-10(2)5-11(3)7-12/h5-7,13,18H,4,8-9H2,1-3H3. The molecule has 1 heterocycles. The van der Waals surface area contributed by atoms with Crippen molar-refractivity contribution in [2.75, 3.05) is 0 Å². The van der Waals surface area contributed by atoms with E-state index in [1.165, 1.54) is 16.7 Å². The van der Waals surface area contributed by atoms with E-state index in [1.807, 2.05) is 6.92 Å². The van der Waals surface area contributed by atoms with Crippen LogP contribution in [0, 0.1) is 13.8 Å². The first-order valence-electron chi connectivity index (χ1n) is 6.63. The van der Waals surface area contributed by atoms with Crippen LogP contribution in [0.2, 0.25) is 0 Å². The molecule has 0 amide bonds. The fraction of sp³-hybridized carbons (Fsp3) is 0.467. The van der Waals surface area contributed by atoms with Crippen molar-refractivity contribution in [3.8, 4) is 0 Å². The molecule has 0 aliphatic carbocycles. The van der Waals surface area contributed by atoms with Crippen LogP contribution in [0.15, 0.2) is 22.7 Å². The Kier molecular flexibility index (Phi) is 4.32. The van der Waals surface area contributed by atoms with Crippen molar-refractivity contribution < 1.29 is 9.63 Å². The maximum atomic E-state index is 9.56. The number of hydrogen-bond acceptors (Lipinski definition) is 4. The smallest absolute Gasteiger partial charge is 0.229 e. The van der Waals surface area contributed by atoms with Gasteiger partial charge >= 0.3 is 0 Å². The van der Waals surface area contributed by atoms with Crippen molar-refractivity contribution in [1.29, 1.82) is 0 Å². The lowest BCUT2D eigenvalue weighted by molar-refractivity contribution is 0.158. The molecule has 0 bridgehead atoms. The van der Waals surface area contributed by atoms with Crippen molar-refractivity contribution in [2.45, 2.75) is 46.1 Å². The average Bonchev–Trinajstić information content (AvgIpc) is 2.74. The van der Waals surface area contributed by atoms with Crippen molar-refractivity contribution in [2.24, 2.45) is 0 Å². The Hall–Kier alpha value is -1.68. The molecule has 2 aromatic rings. The molecule has 1 unspecified atom stereocenters. The van der Waals surface area contributed by atoms with E-state index < -0.39 is 6.10 Å². The van der Waals surface area contributed by atoms with Gasteiger partial charge in [0.25, 0.3) is 0 Å². The van der Waals surface area contributed by atoms with Gasteiger partial charge in [-0.3, -0.25) is 0 Å². The van der Waals surface area contributed by atoms with Crippen LogP contribution in [0.5, 0.6) is 0 Å². The summed E-state index contributed by atoms with van der Waals surface area (Å²) in [7, 11) is 0. The second-order valence-electron chi connectivity index (χ2n) is 5.04. The Labute approximate surface area is 113 Å². The SMILES string of the molecule is CCC(O)Cc1nc(Cc2cc(C)cc(C)c2)no1. The fourth-order valence-corrected chi connectivity index (χ4v) is 2.14. The van der Waals surface area contributed by atoms with E-state index in [-0.39, 0.29) is 0 Å². The average molecular weight is 260 g/mol. The van der Waals surface area contributed by atoms with Gasteiger partial charge in [0.15, 0.2) is 5.82 Å². The van der Waals surface area contributed by atoms with E-state index in [0.29, 0.717) is 31.0 Å². The Morgan fingerprint density at radius 3 is 2.53 bits per heavy atom.